The summed E-state index contributed by atoms with van der Waals surface area (Å²) >= 11 is 5.82. The Kier molecular flexibility index (Phi) is 6.73. The molecule has 1 heterocycles. The van der Waals surface area contributed by atoms with E-state index in [1.807, 2.05) is 24.3 Å². The number of hydrogen-bond donors (Lipinski definition) is 2. The molecule has 2 aromatic rings. The maximum Gasteiger partial charge on any atom is 0.240 e. The van der Waals surface area contributed by atoms with E-state index in [9.17, 15) is 8.42 Å². The van der Waals surface area contributed by atoms with Crippen molar-refractivity contribution in [2.75, 3.05) is 26.3 Å². The first-order valence-electron chi connectivity index (χ1n) is 8.79. The number of hydrogen-bond acceptors (Lipinski definition) is 5. The summed E-state index contributed by atoms with van der Waals surface area (Å²) in [5, 5.41) is 9.35. The van der Waals surface area contributed by atoms with Crippen LogP contribution in [0.15, 0.2) is 53.4 Å². The van der Waals surface area contributed by atoms with Crippen molar-refractivity contribution in [1.82, 2.24) is 9.62 Å². The Morgan fingerprint density at radius 3 is 2.74 bits per heavy atom. The molecule has 1 atom stereocenters. The van der Waals surface area contributed by atoms with Gasteiger partial charge < -0.3 is 9.84 Å². The molecule has 0 aliphatic carbocycles. The third-order valence-electron chi connectivity index (χ3n) is 4.38. The number of benzene rings is 2. The molecule has 0 radical (unpaired) electrons. The van der Waals surface area contributed by atoms with E-state index in [0.717, 1.165) is 30.8 Å². The van der Waals surface area contributed by atoms with E-state index in [-0.39, 0.29) is 24.2 Å². The topological polar surface area (TPSA) is 78.9 Å². The molecular formula is C19H23ClN2O4S. The summed E-state index contributed by atoms with van der Waals surface area (Å²) in [7, 11) is -3.55. The quantitative estimate of drug-likeness (QED) is 0.698. The van der Waals surface area contributed by atoms with Gasteiger partial charge in [-0.2, -0.15) is 0 Å². The molecule has 1 aliphatic rings. The van der Waals surface area contributed by atoms with E-state index >= 15 is 0 Å². The zero-order valence-electron chi connectivity index (χ0n) is 14.8. The maximum absolute atomic E-state index is 12.5. The second kappa shape index (κ2) is 9.03. The van der Waals surface area contributed by atoms with Crippen LogP contribution in [0.1, 0.15) is 12.0 Å². The number of nitrogens with zero attached hydrogens (tertiary/aromatic N) is 1. The van der Waals surface area contributed by atoms with Gasteiger partial charge in [-0.25, -0.2) is 13.1 Å². The second-order valence-electron chi connectivity index (χ2n) is 6.52. The predicted molar refractivity (Wildman–Crippen MR) is 104 cm³/mol. The van der Waals surface area contributed by atoms with E-state index < -0.39 is 10.0 Å². The third-order valence-corrected chi connectivity index (χ3v) is 6.17. The van der Waals surface area contributed by atoms with Crippen molar-refractivity contribution in [3.05, 3.63) is 59.1 Å². The predicted octanol–water partition coefficient (Wildman–Crippen LogP) is 2.26. The van der Waals surface area contributed by atoms with Crippen LogP contribution in [0.2, 0.25) is 5.02 Å². The zero-order valence-corrected chi connectivity index (χ0v) is 16.4. The Bertz CT molecular complexity index is 858. The number of aliphatic hydroxyl groups is 1. The summed E-state index contributed by atoms with van der Waals surface area (Å²) in [5.41, 5.74) is 1.09. The first kappa shape index (κ1) is 20.1. The molecule has 2 aromatic carbocycles. The van der Waals surface area contributed by atoms with Crippen LogP contribution in [0.3, 0.4) is 0 Å². The van der Waals surface area contributed by atoms with Gasteiger partial charge in [-0.3, -0.25) is 4.90 Å². The van der Waals surface area contributed by atoms with Gasteiger partial charge in [0.1, 0.15) is 12.4 Å². The minimum atomic E-state index is -3.55. The summed E-state index contributed by atoms with van der Waals surface area (Å²) in [6.45, 7) is 2.42. The average Bonchev–Trinajstić information content (AvgIpc) is 3.06. The highest BCUT2D eigenvalue weighted by atomic mass is 35.5. The van der Waals surface area contributed by atoms with Crippen LogP contribution in [0, 0.1) is 0 Å². The Labute approximate surface area is 164 Å². The van der Waals surface area contributed by atoms with Gasteiger partial charge in [-0.1, -0.05) is 23.7 Å². The van der Waals surface area contributed by atoms with Crippen molar-refractivity contribution in [3.8, 4) is 5.75 Å². The fourth-order valence-corrected chi connectivity index (χ4v) is 4.52. The lowest BCUT2D eigenvalue weighted by Gasteiger charge is -2.17. The minimum absolute atomic E-state index is 0.0220. The van der Waals surface area contributed by atoms with Crippen LogP contribution in [-0.4, -0.2) is 50.8 Å². The monoisotopic (exact) mass is 410 g/mol. The van der Waals surface area contributed by atoms with Gasteiger partial charge in [0.25, 0.3) is 0 Å². The lowest BCUT2D eigenvalue weighted by molar-refractivity contribution is 0.201. The largest absolute Gasteiger partial charge is 0.491 e. The molecule has 3 rings (SSSR count). The van der Waals surface area contributed by atoms with Gasteiger partial charge in [-0.05, 0) is 48.4 Å². The van der Waals surface area contributed by atoms with Gasteiger partial charge >= 0.3 is 0 Å². The van der Waals surface area contributed by atoms with Crippen molar-refractivity contribution in [3.63, 3.8) is 0 Å². The first-order chi connectivity index (χ1) is 13.0. The molecule has 0 aromatic heterocycles. The second-order valence-corrected chi connectivity index (χ2v) is 8.67. The van der Waals surface area contributed by atoms with E-state index in [4.69, 9.17) is 21.4 Å². The first-order valence-corrected chi connectivity index (χ1v) is 10.7. The summed E-state index contributed by atoms with van der Waals surface area (Å²) < 4.78 is 33.2. The van der Waals surface area contributed by atoms with E-state index in [1.165, 1.54) is 12.1 Å². The summed E-state index contributed by atoms with van der Waals surface area (Å²) in [6, 6.07) is 13.8. The van der Waals surface area contributed by atoms with Crippen LogP contribution >= 0.6 is 11.6 Å². The van der Waals surface area contributed by atoms with Gasteiger partial charge in [-0.15, -0.1) is 0 Å². The molecule has 8 heteroatoms. The number of likely N-dealkylation sites (tertiary alicyclic amines) is 1. The van der Waals surface area contributed by atoms with Crippen molar-refractivity contribution >= 4 is 21.6 Å². The summed E-state index contributed by atoms with van der Waals surface area (Å²) in [4.78, 5) is 2.43. The SMILES string of the molecule is O=S(=O)(N[C@@H]1CCN(Cc2cccc(OCCO)c2)C1)c1ccc(Cl)cc1. The molecule has 0 unspecified atom stereocenters. The van der Waals surface area contributed by atoms with Crippen molar-refractivity contribution < 1.29 is 18.3 Å². The van der Waals surface area contributed by atoms with Crippen LogP contribution in [0.25, 0.3) is 0 Å². The lowest BCUT2D eigenvalue weighted by atomic mass is 10.2. The van der Waals surface area contributed by atoms with Crippen molar-refractivity contribution in [2.24, 2.45) is 0 Å². The average molecular weight is 411 g/mol. The molecule has 146 valence electrons. The van der Waals surface area contributed by atoms with Crippen LogP contribution in [-0.2, 0) is 16.6 Å². The Hall–Kier alpha value is -1.64. The molecule has 1 fully saturated rings. The smallest absolute Gasteiger partial charge is 0.240 e. The standard InChI is InChI=1S/C19H23ClN2O4S/c20-16-4-6-19(7-5-16)27(24,25)21-17-8-9-22(14-17)13-15-2-1-3-18(12-15)26-11-10-23/h1-7,12,17,21,23H,8-11,13-14H2/t17-/m1/s1. The molecule has 1 saturated heterocycles. The summed E-state index contributed by atoms with van der Waals surface area (Å²) in [5.74, 6) is 0.723. The number of rotatable bonds is 8. The molecule has 2 N–H and O–H groups in total. The molecular weight excluding hydrogens is 388 g/mol. The minimum Gasteiger partial charge on any atom is -0.491 e. The molecule has 0 bridgehead atoms. The van der Waals surface area contributed by atoms with Crippen LogP contribution in [0.4, 0.5) is 0 Å². The van der Waals surface area contributed by atoms with Crippen molar-refractivity contribution in [2.45, 2.75) is 23.9 Å². The van der Waals surface area contributed by atoms with Gasteiger partial charge in [0, 0.05) is 30.7 Å². The number of sulfonamides is 1. The molecule has 0 saturated carbocycles. The Morgan fingerprint density at radius 1 is 1.22 bits per heavy atom. The maximum atomic E-state index is 12.5. The number of ether oxygens (including phenoxy) is 1. The van der Waals surface area contributed by atoms with Crippen molar-refractivity contribution in [1.29, 1.82) is 0 Å². The van der Waals surface area contributed by atoms with E-state index in [2.05, 4.69) is 9.62 Å². The van der Waals surface area contributed by atoms with Gasteiger partial charge in [0.2, 0.25) is 10.0 Å². The third kappa shape index (κ3) is 5.67. The molecule has 0 amide bonds. The van der Waals surface area contributed by atoms with E-state index in [1.54, 1.807) is 12.1 Å². The fraction of sp³-hybridized carbons (Fsp3) is 0.368. The molecule has 1 aliphatic heterocycles. The Balaban J connectivity index is 1.56. The highest BCUT2D eigenvalue weighted by Gasteiger charge is 2.27. The van der Waals surface area contributed by atoms with Gasteiger partial charge in [0.15, 0.2) is 0 Å². The van der Waals surface area contributed by atoms with Crippen LogP contribution in [0.5, 0.6) is 5.75 Å². The molecule has 6 nitrogen and oxygen atoms in total. The Morgan fingerprint density at radius 2 is 2.00 bits per heavy atom. The number of aliphatic hydroxyl groups excluding tert-OH is 1. The normalized spacial score (nSPS) is 17.9. The van der Waals surface area contributed by atoms with E-state index in [0.29, 0.717) is 11.6 Å². The summed E-state index contributed by atoms with van der Waals surface area (Å²) in [6.07, 6.45) is 0.757. The highest BCUT2D eigenvalue weighted by Crippen LogP contribution is 2.20. The highest BCUT2D eigenvalue weighted by molar-refractivity contribution is 7.89. The molecule has 27 heavy (non-hydrogen) atoms. The van der Waals surface area contributed by atoms with Crippen LogP contribution < -0.4 is 9.46 Å². The number of halogens is 1. The number of nitrogens with one attached hydrogen (secondary N) is 1. The zero-order chi connectivity index (χ0) is 19.3. The fourth-order valence-electron chi connectivity index (χ4n) is 3.13. The molecule has 0 spiro atoms. The lowest BCUT2D eigenvalue weighted by Crippen LogP contribution is -2.36. The van der Waals surface area contributed by atoms with Gasteiger partial charge in [0.05, 0.1) is 11.5 Å².